The first-order chi connectivity index (χ1) is 13.6. The first-order valence-electron chi connectivity index (χ1n) is 10.7. The summed E-state index contributed by atoms with van der Waals surface area (Å²) in [5, 5.41) is 12.5. The summed E-state index contributed by atoms with van der Waals surface area (Å²) in [5.41, 5.74) is 0.289. The van der Waals surface area contributed by atoms with E-state index in [1.54, 1.807) is 6.20 Å². The molecule has 0 saturated carbocycles. The number of nitrogens with zero attached hydrogens (tertiary/aromatic N) is 3. The molecular weight excluding hydrogens is 354 g/mol. The number of fused-ring (bicyclic) bond motifs is 3. The van der Waals surface area contributed by atoms with Crippen LogP contribution < -0.4 is 0 Å². The Morgan fingerprint density at radius 2 is 2.07 bits per heavy atom. The second-order valence-corrected chi connectivity index (χ2v) is 8.87. The van der Waals surface area contributed by atoms with Crippen molar-refractivity contribution in [3.63, 3.8) is 0 Å². The normalized spacial score (nSPS) is 32.3. The van der Waals surface area contributed by atoms with E-state index < -0.39 is 5.60 Å². The van der Waals surface area contributed by atoms with E-state index in [0.29, 0.717) is 25.8 Å². The number of piperidine rings is 1. The predicted molar refractivity (Wildman–Crippen MR) is 106 cm³/mol. The van der Waals surface area contributed by atoms with E-state index in [2.05, 4.69) is 20.5 Å². The summed E-state index contributed by atoms with van der Waals surface area (Å²) < 4.78 is 7.78. The van der Waals surface area contributed by atoms with Gasteiger partial charge in [0, 0.05) is 42.9 Å². The lowest BCUT2D eigenvalue weighted by molar-refractivity contribution is -0.142. The highest BCUT2D eigenvalue weighted by Gasteiger charge is 2.49. The Morgan fingerprint density at radius 1 is 1.25 bits per heavy atom. The van der Waals surface area contributed by atoms with Gasteiger partial charge in [0.2, 0.25) is 5.91 Å². The zero-order valence-electron chi connectivity index (χ0n) is 16.3. The van der Waals surface area contributed by atoms with E-state index in [-0.39, 0.29) is 24.1 Å². The SMILES string of the molecule is O=C(CCC1CCCO1)N1C2CCC1CC(O)(Cn1ccc3ccncc31)C2. The molecule has 3 saturated heterocycles. The van der Waals surface area contributed by atoms with Crippen molar-refractivity contribution in [1.29, 1.82) is 0 Å². The van der Waals surface area contributed by atoms with Crippen LogP contribution in [0.5, 0.6) is 0 Å². The van der Waals surface area contributed by atoms with Gasteiger partial charge in [-0.2, -0.15) is 0 Å². The molecule has 2 bridgehead atoms. The first kappa shape index (κ1) is 18.1. The first-order valence-corrected chi connectivity index (χ1v) is 10.7. The topological polar surface area (TPSA) is 67.6 Å². The second-order valence-electron chi connectivity index (χ2n) is 8.87. The maximum atomic E-state index is 12.9. The molecule has 6 heteroatoms. The maximum Gasteiger partial charge on any atom is 0.223 e. The number of carbonyl (C=O) groups is 1. The van der Waals surface area contributed by atoms with Crippen molar-refractivity contribution >= 4 is 16.8 Å². The molecule has 0 spiro atoms. The Balaban J connectivity index is 1.26. The number of aromatic nitrogens is 2. The van der Waals surface area contributed by atoms with Crippen LogP contribution in [0.3, 0.4) is 0 Å². The van der Waals surface area contributed by atoms with Crippen molar-refractivity contribution in [2.45, 2.75) is 81.7 Å². The van der Waals surface area contributed by atoms with Crippen LogP contribution in [0, 0.1) is 0 Å². The number of hydrogen-bond donors (Lipinski definition) is 1. The van der Waals surface area contributed by atoms with E-state index in [1.165, 1.54) is 0 Å². The van der Waals surface area contributed by atoms with Gasteiger partial charge in [-0.05, 0) is 57.1 Å². The molecule has 0 radical (unpaired) electrons. The third kappa shape index (κ3) is 3.33. The van der Waals surface area contributed by atoms with Gasteiger partial charge in [0.05, 0.1) is 30.0 Å². The highest BCUT2D eigenvalue weighted by Crippen LogP contribution is 2.42. The molecule has 3 unspecified atom stereocenters. The monoisotopic (exact) mass is 383 g/mol. The van der Waals surface area contributed by atoms with Gasteiger partial charge in [0.25, 0.3) is 0 Å². The summed E-state index contributed by atoms with van der Waals surface area (Å²) in [7, 11) is 0. The van der Waals surface area contributed by atoms with Crippen molar-refractivity contribution in [2.75, 3.05) is 6.61 Å². The van der Waals surface area contributed by atoms with E-state index in [9.17, 15) is 9.90 Å². The van der Waals surface area contributed by atoms with Crippen LogP contribution >= 0.6 is 0 Å². The van der Waals surface area contributed by atoms with Crippen molar-refractivity contribution in [1.82, 2.24) is 14.5 Å². The number of aliphatic hydroxyl groups is 1. The number of carbonyl (C=O) groups excluding carboxylic acids is 1. The van der Waals surface area contributed by atoms with Crippen LogP contribution in [0.15, 0.2) is 30.7 Å². The van der Waals surface area contributed by atoms with Crippen LogP contribution in [0.2, 0.25) is 0 Å². The largest absolute Gasteiger partial charge is 0.388 e. The Labute approximate surface area is 165 Å². The fourth-order valence-electron chi connectivity index (χ4n) is 5.63. The van der Waals surface area contributed by atoms with Gasteiger partial charge >= 0.3 is 0 Å². The molecular formula is C22H29N3O3. The van der Waals surface area contributed by atoms with Gasteiger partial charge in [0.1, 0.15) is 0 Å². The average molecular weight is 383 g/mol. The maximum absolute atomic E-state index is 12.9. The molecule has 0 aliphatic carbocycles. The average Bonchev–Trinajstić information content (AvgIpc) is 3.40. The van der Waals surface area contributed by atoms with Crippen LogP contribution in [0.4, 0.5) is 0 Å². The summed E-state index contributed by atoms with van der Waals surface area (Å²) in [6.45, 7) is 1.40. The van der Waals surface area contributed by atoms with Crippen LogP contribution in [-0.4, -0.2) is 55.9 Å². The Hall–Kier alpha value is -1.92. The van der Waals surface area contributed by atoms with Gasteiger partial charge in [-0.3, -0.25) is 9.78 Å². The van der Waals surface area contributed by atoms with Crippen molar-refractivity contribution < 1.29 is 14.6 Å². The van der Waals surface area contributed by atoms with Gasteiger partial charge in [0.15, 0.2) is 0 Å². The lowest BCUT2D eigenvalue weighted by atomic mass is 9.85. The van der Waals surface area contributed by atoms with Crippen LogP contribution in [0.25, 0.3) is 10.9 Å². The molecule has 0 aromatic carbocycles. The molecule has 28 heavy (non-hydrogen) atoms. The molecule has 5 rings (SSSR count). The van der Waals surface area contributed by atoms with Gasteiger partial charge in [-0.25, -0.2) is 0 Å². The van der Waals surface area contributed by atoms with Gasteiger partial charge in [-0.1, -0.05) is 0 Å². The highest BCUT2D eigenvalue weighted by molar-refractivity contribution is 5.79. The fourth-order valence-corrected chi connectivity index (χ4v) is 5.63. The molecule has 6 nitrogen and oxygen atoms in total. The predicted octanol–water partition coefficient (Wildman–Crippen LogP) is 2.88. The molecule has 3 aliphatic heterocycles. The molecule has 5 heterocycles. The zero-order chi connectivity index (χ0) is 19.1. The van der Waals surface area contributed by atoms with E-state index in [4.69, 9.17) is 4.74 Å². The summed E-state index contributed by atoms with van der Waals surface area (Å²) in [6, 6.07) is 4.40. The zero-order valence-corrected chi connectivity index (χ0v) is 16.3. The van der Waals surface area contributed by atoms with Gasteiger partial charge in [-0.15, -0.1) is 0 Å². The molecule has 1 N–H and O–H groups in total. The Kier molecular flexibility index (Phi) is 4.63. The molecule has 150 valence electrons. The standard InChI is InChI=1S/C22H29N3O3/c26-21(6-5-19-2-1-11-28-19)25-17-3-4-18(25)13-22(27,12-17)15-24-10-8-16-7-9-23-14-20(16)24/h7-10,14,17-19,27H,1-6,11-13,15H2. The molecule has 3 fully saturated rings. The molecule has 1 amide bonds. The smallest absolute Gasteiger partial charge is 0.223 e. The summed E-state index contributed by atoms with van der Waals surface area (Å²) in [5.74, 6) is 0.251. The Bertz CT molecular complexity index is 844. The molecule has 3 atom stereocenters. The number of amides is 1. The minimum Gasteiger partial charge on any atom is -0.388 e. The summed E-state index contributed by atoms with van der Waals surface area (Å²) in [6.07, 6.45) is 12.9. The van der Waals surface area contributed by atoms with E-state index in [0.717, 1.165) is 49.6 Å². The third-order valence-corrected chi connectivity index (χ3v) is 6.88. The number of ether oxygens (including phenoxy) is 1. The second kappa shape index (κ2) is 7.16. The van der Waals surface area contributed by atoms with Crippen molar-refractivity contribution in [3.8, 4) is 0 Å². The minimum atomic E-state index is -0.765. The van der Waals surface area contributed by atoms with E-state index >= 15 is 0 Å². The Morgan fingerprint density at radius 3 is 2.82 bits per heavy atom. The number of pyridine rings is 1. The third-order valence-electron chi connectivity index (χ3n) is 6.88. The number of rotatable bonds is 5. The van der Waals surface area contributed by atoms with Gasteiger partial charge < -0.3 is 19.3 Å². The lowest BCUT2D eigenvalue weighted by Gasteiger charge is -2.44. The fraction of sp³-hybridized carbons (Fsp3) is 0.636. The van der Waals surface area contributed by atoms with Crippen LogP contribution in [0.1, 0.15) is 51.4 Å². The number of hydrogen-bond acceptors (Lipinski definition) is 4. The molecule has 2 aromatic rings. The summed E-state index contributed by atoms with van der Waals surface area (Å²) in [4.78, 5) is 19.2. The van der Waals surface area contributed by atoms with Crippen LogP contribution in [-0.2, 0) is 16.1 Å². The van der Waals surface area contributed by atoms with Crippen molar-refractivity contribution in [2.24, 2.45) is 0 Å². The van der Waals surface area contributed by atoms with Crippen molar-refractivity contribution in [3.05, 3.63) is 30.7 Å². The highest BCUT2D eigenvalue weighted by atomic mass is 16.5. The quantitative estimate of drug-likeness (QED) is 0.862. The van der Waals surface area contributed by atoms with E-state index in [1.807, 2.05) is 18.5 Å². The summed E-state index contributed by atoms with van der Waals surface area (Å²) >= 11 is 0. The molecule has 2 aromatic heterocycles. The molecule has 3 aliphatic rings. The lowest BCUT2D eigenvalue weighted by Crippen LogP contribution is -2.54. The minimum absolute atomic E-state index is 0.167.